The van der Waals surface area contributed by atoms with Gasteiger partial charge in [0.1, 0.15) is 0 Å². The lowest BCUT2D eigenvalue weighted by molar-refractivity contribution is -0.868. The maximum absolute atomic E-state index is 9.25. The van der Waals surface area contributed by atoms with Crippen LogP contribution in [0, 0.1) is 0 Å². The molecule has 1 N–H and O–H groups in total. The Labute approximate surface area is 80.7 Å². The van der Waals surface area contributed by atoms with Crippen molar-refractivity contribution in [2.75, 3.05) is 27.7 Å². The van der Waals surface area contributed by atoms with Gasteiger partial charge in [-0.1, -0.05) is 6.58 Å². The summed E-state index contributed by atoms with van der Waals surface area (Å²) in [7, 11) is 6.54. The Hall–Kier alpha value is -0.540. The molecule has 3 nitrogen and oxygen atoms in total. The molecule has 0 aliphatic carbocycles. The Morgan fingerprint density at radius 1 is 1.50 bits per heavy atom. The van der Waals surface area contributed by atoms with Crippen LogP contribution in [0.25, 0.3) is 0 Å². The Kier molecular flexibility index (Phi) is 12.5. The van der Waals surface area contributed by atoms with E-state index in [1.165, 1.54) is 6.54 Å². The summed E-state index contributed by atoms with van der Waals surface area (Å²) in [4.78, 5) is 9.25. The van der Waals surface area contributed by atoms with Gasteiger partial charge in [-0.2, -0.15) is 0 Å². The number of hydrogen-bond donors (Lipinski definition) is 1. The molecule has 0 atom stereocenters. The second-order valence-electron chi connectivity index (χ2n) is 3.15. The molecule has 0 saturated heterocycles. The third-order valence-electron chi connectivity index (χ3n) is 1.12. The highest BCUT2D eigenvalue weighted by Gasteiger charge is 1.97. The van der Waals surface area contributed by atoms with Crippen molar-refractivity contribution in [3.8, 4) is 0 Å². The fraction of sp³-hybridized carbons (Fsp3) is 0.625. The molecule has 0 heterocycles. The van der Waals surface area contributed by atoms with E-state index in [1.54, 1.807) is 0 Å². The van der Waals surface area contributed by atoms with Crippen molar-refractivity contribution in [1.82, 2.24) is 0 Å². The van der Waals surface area contributed by atoms with Crippen molar-refractivity contribution in [2.24, 2.45) is 0 Å². The quantitative estimate of drug-likeness (QED) is 0.536. The van der Waals surface area contributed by atoms with Gasteiger partial charge < -0.3 is 9.59 Å². The van der Waals surface area contributed by atoms with Gasteiger partial charge in [0, 0.05) is 6.08 Å². The number of aliphatic carboxylic acids is 1. The maximum Gasteiger partial charge on any atom is 0.327 e. The Balaban J connectivity index is -0.000000126. The van der Waals surface area contributed by atoms with E-state index in [2.05, 4.69) is 34.6 Å². The number of hydrogen-bond acceptors (Lipinski definition) is 1. The normalized spacial score (nSPS) is 8.67. The van der Waals surface area contributed by atoms with Gasteiger partial charge in [0.25, 0.3) is 0 Å². The molecule has 0 amide bonds. The Bertz CT molecular complexity index is 130. The molecule has 0 unspecified atom stereocenters. The van der Waals surface area contributed by atoms with E-state index in [0.29, 0.717) is 0 Å². The molecule has 74 valence electrons. The second kappa shape index (κ2) is 8.56. The highest BCUT2D eigenvalue weighted by Crippen LogP contribution is 1.83. The number of halogens is 1. The van der Waals surface area contributed by atoms with Crippen molar-refractivity contribution in [3.63, 3.8) is 0 Å². The second-order valence-corrected chi connectivity index (χ2v) is 3.15. The first-order valence-corrected chi connectivity index (χ1v) is 3.49. The number of rotatable bonds is 2. The van der Waals surface area contributed by atoms with Crippen LogP contribution >= 0.6 is 12.4 Å². The first kappa shape index (κ1) is 17.5. The van der Waals surface area contributed by atoms with Crippen LogP contribution in [0.15, 0.2) is 12.7 Å². The number of quaternary nitrogens is 1. The van der Waals surface area contributed by atoms with E-state index in [0.717, 1.165) is 10.6 Å². The smallest absolute Gasteiger partial charge is 0.327 e. The largest absolute Gasteiger partial charge is 0.478 e. The summed E-state index contributed by atoms with van der Waals surface area (Å²) in [5, 5.41) is 7.60. The minimum atomic E-state index is -0.981. The topological polar surface area (TPSA) is 37.3 Å². The highest BCUT2D eigenvalue weighted by molar-refractivity contribution is 5.85. The van der Waals surface area contributed by atoms with E-state index in [-0.39, 0.29) is 12.4 Å². The molecule has 12 heavy (non-hydrogen) atoms. The number of nitrogens with zero attached hydrogens (tertiary/aromatic N) is 1. The van der Waals surface area contributed by atoms with Gasteiger partial charge in [-0.05, 0) is 6.92 Å². The Morgan fingerprint density at radius 3 is 1.67 bits per heavy atom. The molecule has 0 aliphatic rings. The molecule has 0 spiro atoms. The summed E-state index contributed by atoms with van der Waals surface area (Å²) >= 11 is 0. The monoisotopic (exact) mass is 196 g/mol. The molecular formula is C8H19ClNO2+. The molecule has 0 fully saturated rings. The SMILES string of the molecule is C=CC(=O)O.CC[N+](C)(C)C.Cl. The van der Waals surface area contributed by atoms with Gasteiger partial charge in [-0.15, -0.1) is 12.4 Å². The van der Waals surface area contributed by atoms with Crippen LogP contribution in [0.2, 0.25) is 0 Å². The van der Waals surface area contributed by atoms with Crippen LogP contribution in [-0.4, -0.2) is 43.2 Å². The summed E-state index contributed by atoms with van der Waals surface area (Å²) in [5.41, 5.74) is 0. The summed E-state index contributed by atoms with van der Waals surface area (Å²) < 4.78 is 1.07. The molecule has 4 heteroatoms. The number of carboxylic acid groups (broad SMARTS) is 1. The highest BCUT2D eigenvalue weighted by atomic mass is 35.5. The van der Waals surface area contributed by atoms with Crippen LogP contribution in [0.1, 0.15) is 6.92 Å². The fourth-order valence-corrected chi connectivity index (χ4v) is 0. The van der Waals surface area contributed by atoms with Crippen molar-refractivity contribution >= 4 is 18.4 Å². The van der Waals surface area contributed by atoms with Crippen LogP contribution in [0.5, 0.6) is 0 Å². The molecule has 0 aromatic heterocycles. The summed E-state index contributed by atoms with van der Waals surface area (Å²) in [5.74, 6) is -0.981. The lowest BCUT2D eigenvalue weighted by Gasteiger charge is -2.20. The summed E-state index contributed by atoms with van der Waals surface area (Å²) in [6, 6.07) is 0. The average molecular weight is 197 g/mol. The molecule has 0 aliphatic heterocycles. The minimum Gasteiger partial charge on any atom is -0.478 e. The van der Waals surface area contributed by atoms with Crippen LogP contribution in [-0.2, 0) is 4.79 Å². The van der Waals surface area contributed by atoms with Crippen LogP contribution < -0.4 is 0 Å². The molecular weight excluding hydrogens is 178 g/mol. The molecule has 0 rings (SSSR count). The number of carbonyl (C=O) groups is 1. The van der Waals surface area contributed by atoms with E-state index in [1.807, 2.05) is 0 Å². The van der Waals surface area contributed by atoms with Gasteiger partial charge in [-0.25, -0.2) is 4.79 Å². The Morgan fingerprint density at radius 2 is 1.67 bits per heavy atom. The van der Waals surface area contributed by atoms with Crippen molar-refractivity contribution in [1.29, 1.82) is 0 Å². The first-order chi connectivity index (χ1) is 4.83. The van der Waals surface area contributed by atoms with Gasteiger partial charge >= 0.3 is 5.97 Å². The average Bonchev–Trinajstić information content (AvgIpc) is 1.88. The standard InChI is InChI=1S/C5H14N.C3H4O2.ClH/c1-5-6(2,3)4;1-2-3(4)5;/h5H2,1-4H3;2H,1H2,(H,4,5);1H/q+1;;. The van der Waals surface area contributed by atoms with E-state index < -0.39 is 5.97 Å². The zero-order valence-corrected chi connectivity index (χ0v) is 9.02. The number of carboxylic acids is 1. The minimum absolute atomic E-state index is 0. The maximum atomic E-state index is 9.25. The van der Waals surface area contributed by atoms with Gasteiger partial charge in [0.15, 0.2) is 0 Å². The van der Waals surface area contributed by atoms with E-state index in [9.17, 15) is 4.79 Å². The lowest BCUT2D eigenvalue weighted by Crippen LogP contribution is -2.33. The van der Waals surface area contributed by atoms with Crippen molar-refractivity contribution < 1.29 is 14.4 Å². The molecule has 0 saturated carbocycles. The van der Waals surface area contributed by atoms with Gasteiger partial charge in [0.05, 0.1) is 27.7 Å². The summed E-state index contributed by atoms with van der Waals surface area (Å²) in [6.07, 6.45) is 0.833. The molecule has 0 bridgehead atoms. The van der Waals surface area contributed by atoms with Gasteiger partial charge in [-0.3, -0.25) is 0 Å². The van der Waals surface area contributed by atoms with Crippen molar-refractivity contribution in [2.45, 2.75) is 6.92 Å². The van der Waals surface area contributed by atoms with Crippen LogP contribution in [0.4, 0.5) is 0 Å². The molecule has 0 aromatic carbocycles. The third kappa shape index (κ3) is 34.0. The van der Waals surface area contributed by atoms with Gasteiger partial charge in [0.2, 0.25) is 0 Å². The first-order valence-electron chi connectivity index (χ1n) is 3.49. The predicted molar refractivity (Wildman–Crippen MR) is 53.7 cm³/mol. The lowest BCUT2D eigenvalue weighted by atomic mass is 10.6. The van der Waals surface area contributed by atoms with E-state index in [4.69, 9.17) is 5.11 Å². The van der Waals surface area contributed by atoms with Crippen molar-refractivity contribution in [3.05, 3.63) is 12.7 Å². The third-order valence-corrected chi connectivity index (χ3v) is 1.12. The fourth-order valence-electron chi connectivity index (χ4n) is 0. The zero-order valence-electron chi connectivity index (χ0n) is 8.20. The molecule has 0 radical (unpaired) electrons. The summed E-state index contributed by atoms with van der Waals surface area (Å²) in [6.45, 7) is 6.35. The van der Waals surface area contributed by atoms with E-state index >= 15 is 0 Å². The van der Waals surface area contributed by atoms with Crippen LogP contribution in [0.3, 0.4) is 0 Å². The molecule has 0 aromatic rings. The zero-order chi connectivity index (χ0) is 9.49. The predicted octanol–water partition coefficient (Wildman–Crippen LogP) is 1.39.